The van der Waals surface area contributed by atoms with Crippen molar-refractivity contribution in [1.29, 1.82) is 0 Å². The number of carbonyl (C=O) groups is 1. The third kappa shape index (κ3) is 3.66. The minimum atomic E-state index is 0.0112. The maximum absolute atomic E-state index is 12.3. The highest BCUT2D eigenvalue weighted by atomic mass is 16.5. The molecule has 5 nitrogen and oxygen atoms in total. The zero-order chi connectivity index (χ0) is 17.2. The smallest absolute Gasteiger partial charge is 0.195 e. The second-order valence-corrected chi connectivity index (χ2v) is 7.06. The van der Waals surface area contributed by atoms with E-state index in [1.54, 1.807) is 6.07 Å². The Balaban J connectivity index is 1.29. The number of likely N-dealkylation sites (tertiary alicyclic amines) is 1. The molecule has 4 rings (SSSR count). The largest absolute Gasteiger partial charge is 0.506 e. The highest BCUT2D eigenvalue weighted by Gasteiger charge is 2.42. The van der Waals surface area contributed by atoms with Crippen molar-refractivity contribution in [1.82, 2.24) is 9.88 Å². The number of hydrogen-bond acceptors (Lipinski definition) is 5. The Morgan fingerprint density at radius 3 is 2.48 bits per heavy atom. The molecule has 25 heavy (non-hydrogen) atoms. The van der Waals surface area contributed by atoms with Crippen LogP contribution in [0.3, 0.4) is 0 Å². The van der Waals surface area contributed by atoms with Crippen molar-refractivity contribution in [3.05, 3.63) is 54.4 Å². The van der Waals surface area contributed by atoms with Crippen molar-refractivity contribution < 1.29 is 14.6 Å². The second-order valence-electron chi connectivity index (χ2n) is 7.06. The lowest BCUT2D eigenvalue weighted by atomic mass is 10.0. The molecule has 130 valence electrons. The Hall–Kier alpha value is -2.40. The van der Waals surface area contributed by atoms with Crippen LogP contribution < -0.4 is 4.74 Å². The van der Waals surface area contributed by atoms with Crippen LogP contribution in [0.2, 0.25) is 0 Å². The SMILES string of the molecule is O=C(CN1CC2C[C@@H](Oc3ccccc3)C[C@@H]2C1)c1ccc(O)cn1. The van der Waals surface area contributed by atoms with Gasteiger partial charge in [0.1, 0.15) is 17.2 Å². The topological polar surface area (TPSA) is 62.7 Å². The van der Waals surface area contributed by atoms with Crippen molar-refractivity contribution in [2.45, 2.75) is 18.9 Å². The van der Waals surface area contributed by atoms with Gasteiger partial charge < -0.3 is 9.84 Å². The number of para-hydroxylation sites is 1. The van der Waals surface area contributed by atoms with Crippen LogP contribution in [0.25, 0.3) is 0 Å². The molecule has 5 heteroatoms. The molecule has 0 bridgehead atoms. The molecule has 1 aromatic carbocycles. The van der Waals surface area contributed by atoms with E-state index in [1.807, 2.05) is 30.3 Å². The molecule has 0 radical (unpaired) electrons. The van der Waals surface area contributed by atoms with Crippen molar-refractivity contribution >= 4 is 5.78 Å². The number of benzene rings is 1. The predicted octanol–water partition coefficient (Wildman–Crippen LogP) is 2.76. The molecule has 1 N–H and O–H groups in total. The Bertz CT molecular complexity index is 718. The molecule has 2 aliphatic rings. The van der Waals surface area contributed by atoms with Crippen molar-refractivity contribution in [2.24, 2.45) is 11.8 Å². The van der Waals surface area contributed by atoms with E-state index in [2.05, 4.69) is 9.88 Å². The van der Waals surface area contributed by atoms with E-state index >= 15 is 0 Å². The molecule has 2 heterocycles. The molecule has 2 fully saturated rings. The number of hydrogen-bond donors (Lipinski definition) is 1. The van der Waals surface area contributed by atoms with E-state index in [0.717, 1.165) is 31.7 Å². The van der Waals surface area contributed by atoms with Gasteiger partial charge in [0.15, 0.2) is 5.78 Å². The van der Waals surface area contributed by atoms with Gasteiger partial charge in [0, 0.05) is 13.1 Å². The number of Topliss-reactive ketones (excluding diaryl/α,β-unsaturated/α-hetero) is 1. The van der Waals surface area contributed by atoms with E-state index in [-0.39, 0.29) is 17.6 Å². The summed E-state index contributed by atoms with van der Waals surface area (Å²) in [6.45, 7) is 2.29. The molecule has 1 aliphatic carbocycles. The van der Waals surface area contributed by atoms with E-state index < -0.39 is 0 Å². The zero-order valence-electron chi connectivity index (χ0n) is 14.0. The first kappa shape index (κ1) is 16.1. The van der Waals surface area contributed by atoms with Gasteiger partial charge in [-0.1, -0.05) is 18.2 Å². The van der Waals surface area contributed by atoms with Crippen LogP contribution in [0.4, 0.5) is 0 Å². The number of rotatable bonds is 5. The molecular weight excluding hydrogens is 316 g/mol. The van der Waals surface area contributed by atoms with E-state index in [4.69, 9.17) is 4.74 Å². The first-order chi connectivity index (χ1) is 12.2. The van der Waals surface area contributed by atoms with E-state index in [9.17, 15) is 9.90 Å². The molecule has 3 atom stereocenters. The number of ketones is 1. The van der Waals surface area contributed by atoms with Crippen LogP contribution in [-0.2, 0) is 0 Å². The van der Waals surface area contributed by atoms with Crippen LogP contribution in [0, 0.1) is 11.8 Å². The summed E-state index contributed by atoms with van der Waals surface area (Å²) < 4.78 is 6.09. The van der Waals surface area contributed by atoms with Gasteiger partial charge in [-0.15, -0.1) is 0 Å². The summed E-state index contributed by atoms with van der Waals surface area (Å²) in [6, 6.07) is 13.1. The van der Waals surface area contributed by atoms with E-state index in [0.29, 0.717) is 24.1 Å². The number of ether oxygens (including phenoxy) is 1. The Labute approximate surface area is 147 Å². The molecule has 1 unspecified atom stereocenters. The second kappa shape index (κ2) is 6.84. The molecule has 0 spiro atoms. The molecule has 1 aliphatic heterocycles. The Morgan fingerprint density at radius 2 is 1.84 bits per heavy atom. The number of pyridine rings is 1. The average Bonchev–Trinajstić information content (AvgIpc) is 3.14. The summed E-state index contributed by atoms with van der Waals surface area (Å²) >= 11 is 0. The van der Waals surface area contributed by atoms with Crippen LogP contribution in [-0.4, -0.2) is 46.5 Å². The minimum absolute atomic E-state index is 0.0112. The van der Waals surface area contributed by atoms with Crippen LogP contribution in [0.15, 0.2) is 48.7 Å². The lowest BCUT2D eigenvalue weighted by Crippen LogP contribution is -2.30. The molecule has 1 saturated heterocycles. The Morgan fingerprint density at radius 1 is 1.12 bits per heavy atom. The summed E-state index contributed by atoms with van der Waals surface area (Å²) in [5, 5.41) is 9.27. The van der Waals surface area contributed by atoms with Gasteiger partial charge in [0.05, 0.1) is 18.8 Å². The first-order valence-electron chi connectivity index (χ1n) is 8.79. The third-order valence-corrected chi connectivity index (χ3v) is 5.23. The third-order valence-electron chi connectivity index (χ3n) is 5.23. The molecule has 1 saturated carbocycles. The lowest BCUT2D eigenvalue weighted by molar-refractivity contribution is 0.0932. The monoisotopic (exact) mass is 338 g/mol. The summed E-state index contributed by atoms with van der Waals surface area (Å²) in [5.41, 5.74) is 0.417. The van der Waals surface area contributed by atoms with Crippen molar-refractivity contribution in [2.75, 3.05) is 19.6 Å². The van der Waals surface area contributed by atoms with Gasteiger partial charge in [-0.05, 0) is 48.9 Å². The number of nitrogens with zero attached hydrogens (tertiary/aromatic N) is 2. The van der Waals surface area contributed by atoms with E-state index in [1.165, 1.54) is 12.3 Å². The van der Waals surface area contributed by atoms with Gasteiger partial charge in [0.25, 0.3) is 0 Å². The number of aromatic hydroxyl groups is 1. The van der Waals surface area contributed by atoms with Gasteiger partial charge in [-0.25, -0.2) is 4.98 Å². The molecular formula is C20H22N2O3. The summed E-state index contributed by atoms with van der Waals surface area (Å²) in [5.74, 6) is 2.25. The lowest BCUT2D eigenvalue weighted by Gasteiger charge is -2.19. The maximum Gasteiger partial charge on any atom is 0.195 e. The quantitative estimate of drug-likeness (QED) is 0.850. The predicted molar refractivity (Wildman–Crippen MR) is 93.7 cm³/mol. The maximum atomic E-state index is 12.3. The highest BCUT2D eigenvalue weighted by molar-refractivity contribution is 5.95. The van der Waals surface area contributed by atoms with Crippen molar-refractivity contribution in [3.63, 3.8) is 0 Å². The molecule has 0 amide bonds. The molecule has 1 aromatic heterocycles. The molecule has 2 aromatic rings. The average molecular weight is 338 g/mol. The fraction of sp³-hybridized carbons (Fsp3) is 0.400. The zero-order valence-corrected chi connectivity index (χ0v) is 14.0. The first-order valence-corrected chi connectivity index (χ1v) is 8.79. The summed E-state index contributed by atoms with van der Waals surface area (Å²) in [6.07, 6.45) is 3.72. The van der Waals surface area contributed by atoms with Crippen LogP contribution in [0.1, 0.15) is 23.3 Å². The van der Waals surface area contributed by atoms with Crippen molar-refractivity contribution in [3.8, 4) is 11.5 Å². The van der Waals surface area contributed by atoms with Crippen LogP contribution >= 0.6 is 0 Å². The van der Waals surface area contributed by atoms with Gasteiger partial charge >= 0.3 is 0 Å². The van der Waals surface area contributed by atoms with Gasteiger partial charge in [-0.2, -0.15) is 0 Å². The fourth-order valence-corrected chi connectivity index (χ4v) is 4.09. The van der Waals surface area contributed by atoms with Crippen LogP contribution in [0.5, 0.6) is 11.5 Å². The number of fused-ring (bicyclic) bond motifs is 1. The standard InChI is InChI=1S/C20H22N2O3/c23-16-6-7-19(21-10-16)20(24)13-22-11-14-8-18(9-15(14)12-22)25-17-4-2-1-3-5-17/h1-7,10,14-15,18,23H,8-9,11-13H2/t14-,15?,18+/m1/s1. The van der Waals surface area contributed by atoms with Gasteiger partial charge in [-0.3, -0.25) is 9.69 Å². The summed E-state index contributed by atoms with van der Waals surface area (Å²) in [4.78, 5) is 18.6. The summed E-state index contributed by atoms with van der Waals surface area (Å²) in [7, 11) is 0. The number of carbonyl (C=O) groups excluding carboxylic acids is 1. The Kier molecular flexibility index (Phi) is 4.40. The normalized spacial score (nSPS) is 25.7. The van der Waals surface area contributed by atoms with Gasteiger partial charge in [0.2, 0.25) is 0 Å². The highest BCUT2D eigenvalue weighted by Crippen LogP contribution is 2.39. The number of aromatic nitrogens is 1. The fourth-order valence-electron chi connectivity index (χ4n) is 4.09. The minimum Gasteiger partial charge on any atom is -0.506 e.